The summed E-state index contributed by atoms with van der Waals surface area (Å²) in [5, 5.41) is 6.58. The fourth-order valence-electron chi connectivity index (χ4n) is 2.54. The molecule has 3 rings (SSSR count). The molecule has 0 unspecified atom stereocenters. The Morgan fingerprint density at radius 3 is 2.78 bits per heavy atom. The Labute approximate surface area is 160 Å². The molecule has 0 bridgehead atoms. The van der Waals surface area contributed by atoms with Crippen LogP contribution in [0.5, 0.6) is 0 Å². The molecule has 1 aromatic heterocycles. The third kappa shape index (κ3) is 4.12. The van der Waals surface area contributed by atoms with E-state index in [2.05, 4.69) is 27.2 Å². The van der Waals surface area contributed by atoms with Crippen LogP contribution in [-0.2, 0) is 4.79 Å². The lowest BCUT2D eigenvalue weighted by molar-refractivity contribution is -0.111. The van der Waals surface area contributed by atoms with Crippen molar-refractivity contribution in [1.29, 1.82) is 0 Å². The molecule has 0 aliphatic heterocycles. The molecule has 5 nitrogen and oxygen atoms in total. The summed E-state index contributed by atoms with van der Waals surface area (Å²) >= 11 is 5.84. The van der Waals surface area contributed by atoms with Gasteiger partial charge in [0.05, 0.1) is 10.5 Å². The van der Waals surface area contributed by atoms with Crippen LogP contribution in [0.1, 0.15) is 12.5 Å². The minimum Gasteiger partial charge on any atom is -0.340 e. The largest absolute Gasteiger partial charge is 0.340 e. The van der Waals surface area contributed by atoms with E-state index in [0.29, 0.717) is 28.1 Å². The van der Waals surface area contributed by atoms with Gasteiger partial charge in [-0.3, -0.25) is 4.79 Å². The van der Waals surface area contributed by atoms with E-state index in [1.54, 1.807) is 12.1 Å². The number of anilines is 3. The first-order valence-electron chi connectivity index (χ1n) is 8.08. The third-order valence-corrected chi connectivity index (χ3v) is 4.07. The van der Waals surface area contributed by atoms with Gasteiger partial charge in [-0.1, -0.05) is 30.3 Å². The summed E-state index contributed by atoms with van der Waals surface area (Å²) in [5.41, 5.74) is 2.66. The van der Waals surface area contributed by atoms with Gasteiger partial charge in [0.2, 0.25) is 5.91 Å². The lowest BCUT2D eigenvalue weighted by Gasteiger charge is -2.12. The monoisotopic (exact) mass is 382 g/mol. The highest BCUT2D eigenvalue weighted by atomic mass is 35.5. The number of allylic oxidation sites excluding steroid dienone is 1. The van der Waals surface area contributed by atoms with Crippen LogP contribution in [-0.4, -0.2) is 15.9 Å². The SMILES string of the molecule is C=CC(=O)Nc1cc2c(Nc3ccc(F)c(Cl)c3)ncnc2cc1C=CC. The van der Waals surface area contributed by atoms with Gasteiger partial charge in [0.1, 0.15) is 18.0 Å². The summed E-state index contributed by atoms with van der Waals surface area (Å²) in [7, 11) is 0. The molecule has 7 heteroatoms. The first-order chi connectivity index (χ1) is 13.0. The third-order valence-electron chi connectivity index (χ3n) is 3.78. The quantitative estimate of drug-likeness (QED) is 0.586. The molecule has 0 aliphatic carbocycles. The van der Waals surface area contributed by atoms with Crippen LogP contribution in [0.4, 0.5) is 21.6 Å². The zero-order chi connectivity index (χ0) is 19.4. The Balaban J connectivity index is 2.10. The summed E-state index contributed by atoms with van der Waals surface area (Å²) in [6, 6.07) is 7.93. The van der Waals surface area contributed by atoms with E-state index >= 15 is 0 Å². The van der Waals surface area contributed by atoms with Gasteiger partial charge in [0, 0.05) is 16.8 Å². The summed E-state index contributed by atoms with van der Waals surface area (Å²) in [5.74, 6) is -0.319. The normalized spacial score (nSPS) is 10.9. The van der Waals surface area contributed by atoms with Crippen molar-refractivity contribution in [3.05, 3.63) is 71.8 Å². The number of hydrogen-bond acceptors (Lipinski definition) is 4. The maximum atomic E-state index is 13.4. The lowest BCUT2D eigenvalue weighted by atomic mass is 10.1. The number of benzene rings is 2. The topological polar surface area (TPSA) is 66.9 Å². The maximum Gasteiger partial charge on any atom is 0.247 e. The van der Waals surface area contributed by atoms with Crippen molar-refractivity contribution in [3.63, 3.8) is 0 Å². The highest BCUT2D eigenvalue weighted by Gasteiger charge is 2.11. The minimum absolute atomic E-state index is 0.00710. The van der Waals surface area contributed by atoms with Crippen LogP contribution in [0.2, 0.25) is 5.02 Å². The molecule has 1 amide bonds. The fraction of sp³-hybridized carbons (Fsp3) is 0.0500. The van der Waals surface area contributed by atoms with Gasteiger partial charge in [-0.15, -0.1) is 0 Å². The van der Waals surface area contributed by atoms with Crippen molar-refractivity contribution < 1.29 is 9.18 Å². The molecule has 0 radical (unpaired) electrons. The van der Waals surface area contributed by atoms with Crippen LogP contribution < -0.4 is 10.6 Å². The van der Waals surface area contributed by atoms with Crippen LogP contribution in [0.3, 0.4) is 0 Å². The molecule has 0 aliphatic rings. The minimum atomic E-state index is -0.500. The number of aromatic nitrogens is 2. The lowest BCUT2D eigenvalue weighted by Crippen LogP contribution is -2.09. The van der Waals surface area contributed by atoms with E-state index in [0.717, 1.165) is 5.56 Å². The van der Waals surface area contributed by atoms with Crippen molar-refractivity contribution >= 4 is 51.7 Å². The van der Waals surface area contributed by atoms with Gasteiger partial charge in [-0.2, -0.15) is 0 Å². The molecule has 2 N–H and O–H groups in total. The van der Waals surface area contributed by atoms with E-state index in [4.69, 9.17) is 11.6 Å². The molecule has 3 aromatic rings. The fourth-order valence-corrected chi connectivity index (χ4v) is 2.72. The summed E-state index contributed by atoms with van der Waals surface area (Å²) < 4.78 is 13.4. The van der Waals surface area contributed by atoms with Crippen molar-refractivity contribution in [1.82, 2.24) is 9.97 Å². The van der Waals surface area contributed by atoms with Crippen molar-refractivity contribution in [2.75, 3.05) is 10.6 Å². The Morgan fingerprint density at radius 2 is 2.07 bits per heavy atom. The Morgan fingerprint density at radius 1 is 1.26 bits per heavy atom. The van der Waals surface area contributed by atoms with Crippen LogP contribution in [0.25, 0.3) is 17.0 Å². The van der Waals surface area contributed by atoms with Gasteiger partial charge in [0.25, 0.3) is 0 Å². The van der Waals surface area contributed by atoms with Gasteiger partial charge in [0.15, 0.2) is 0 Å². The smallest absolute Gasteiger partial charge is 0.247 e. The molecule has 0 saturated heterocycles. The van der Waals surface area contributed by atoms with Crippen LogP contribution in [0, 0.1) is 5.82 Å². The number of carbonyl (C=O) groups excluding carboxylic acids is 1. The Bertz CT molecular complexity index is 1070. The average Bonchev–Trinajstić information content (AvgIpc) is 2.66. The number of fused-ring (bicyclic) bond motifs is 1. The molecule has 0 saturated carbocycles. The highest BCUT2D eigenvalue weighted by Crippen LogP contribution is 2.30. The van der Waals surface area contributed by atoms with E-state index < -0.39 is 5.82 Å². The van der Waals surface area contributed by atoms with Gasteiger partial charge < -0.3 is 10.6 Å². The summed E-state index contributed by atoms with van der Waals surface area (Å²) in [4.78, 5) is 20.3. The number of hydrogen-bond donors (Lipinski definition) is 2. The van der Waals surface area contributed by atoms with Crippen LogP contribution in [0.15, 0.2) is 55.4 Å². The molecular weight excluding hydrogens is 367 g/mol. The zero-order valence-electron chi connectivity index (χ0n) is 14.5. The first-order valence-corrected chi connectivity index (χ1v) is 8.46. The van der Waals surface area contributed by atoms with Crippen molar-refractivity contribution in [2.24, 2.45) is 0 Å². The molecule has 0 fully saturated rings. The first kappa shape index (κ1) is 18.5. The second kappa shape index (κ2) is 7.97. The summed E-state index contributed by atoms with van der Waals surface area (Å²) in [6.45, 7) is 5.36. The van der Waals surface area contributed by atoms with E-state index in [1.807, 2.05) is 25.1 Å². The van der Waals surface area contributed by atoms with Gasteiger partial charge in [-0.05, 0) is 48.9 Å². The van der Waals surface area contributed by atoms with E-state index in [-0.39, 0.29) is 10.9 Å². The molecule has 27 heavy (non-hydrogen) atoms. The van der Waals surface area contributed by atoms with E-state index in [9.17, 15) is 9.18 Å². The number of amides is 1. The molecule has 136 valence electrons. The summed E-state index contributed by atoms with van der Waals surface area (Å²) in [6.07, 6.45) is 6.36. The van der Waals surface area contributed by atoms with Gasteiger partial charge >= 0.3 is 0 Å². The number of nitrogens with zero attached hydrogens (tertiary/aromatic N) is 2. The predicted octanol–water partition coefficient (Wildman–Crippen LogP) is 5.32. The standard InChI is InChI=1S/C20H16ClFN4O/c1-3-5-12-8-18-14(10-17(12)26-19(27)4-2)20(24-11-23-18)25-13-6-7-16(22)15(21)9-13/h3-11H,2H2,1H3,(H,26,27)(H,23,24,25). The number of nitrogens with one attached hydrogen (secondary N) is 2. The molecule has 0 atom stereocenters. The average molecular weight is 383 g/mol. The number of halogens is 2. The predicted molar refractivity (Wildman–Crippen MR) is 108 cm³/mol. The molecular formula is C20H16ClFN4O. The zero-order valence-corrected chi connectivity index (χ0v) is 15.2. The molecule has 1 heterocycles. The second-order valence-corrected chi connectivity index (χ2v) is 6.03. The highest BCUT2D eigenvalue weighted by molar-refractivity contribution is 6.31. The van der Waals surface area contributed by atoms with Crippen LogP contribution >= 0.6 is 11.6 Å². The maximum absolute atomic E-state index is 13.4. The molecule has 0 spiro atoms. The van der Waals surface area contributed by atoms with Crippen molar-refractivity contribution in [2.45, 2.75) is 6.92 Å². The number of carbonyl (C=O) groups is 1. The number of rotatable bonds is 5. The molecule has 2 aromatic carbocycles. The Kier molecular flexibility index (Phi) is 5.47. The van der Waals surface area contributed by atoms with E-state index in [1.165, 1.54) is 24.5 Å². The second-order valence-electron chi connectivity index (χ2n) is 5.63. The van der Waals surface area contributed by atoms with Crippen molar-refractivity contribution in [3.8, 4) is 0 Å². The Hall–Kier alpha value is -3.25. The van der Waals surface area contributed by atoms with Gasteiger partial charge in [-0.25, -0.2) is 14.4 Å².